The Morgan fingerprint density at radius 3 is 2.24 bits per heavy atom. The van der Waals surface area contributed by atoms with Gasteiger partial charge in [0.05, 0.1) is 10.1 Å². The Labute approximate surface area is 100 Å². The van der Waals surface area contributed by atoms with Crippen molar-refractivity contribution in [3.63, 3.8) is 0 Å². The molecule has 5 nitrogen and oxygen atoms in total. The third kappa shape index (κ3) is 3.28. The van der Waals surface area contributed by atoms with E-state index in [-0.39, 0.29) is 4.90 Å². The lowest BCUT2D eigenvalue weighted by Gasteiger charge is -2.08. The lowest BCUT2D eigenvalue weighted by molar-refractivity contribution is -0.118. The molecule has 1 aromatic carbocycles. The van der Waals surface area contributed by atoms with Gasteiger partial charge >= 0.3 is 0 Å². The first-order valence-corrected chi connectivity index (χ1v) is 6.67. The molecule has 0 atom stereocenters. The summed E-state index contributed by atoms with van der Waals surface area (Å²) >= 11 is 0. The highest BCUT2D eigenvalue weighted by Crippen LogP contribution is 2.18. The molecule has 0 saturated carbocycles. The highest BCUT2D eigenvalue weighted by atomic mass is 32.2. The topological polar surface area (TPSA) is 83.5 Å². The molecule has 0 aliphatic rings. The number of carbonyl (C=O) groups is 1. The Bertz CT molecular complexity index is 491. The monoisotopic (exact) mass is 257 g/mol. The van der Waals surface area contributed by atoms with Crippen LogP contribution >= 0.6 is 0 Å². The minimum Gasteiger partial charge on any atom is -0.387 e. The minimum absolute atomic E-state index is 0.217. The first-order valence-electron chi connectivity index (χ1n) is 5.12. The summed E-state index contributed by atoms with van der Waals surface area (Å²) in [4.78, 5) is 11.1. The van der Waals surface area contributed by atoms with Gasteiger partial charge in [-0.2, -0.15) is 0 Å². The third-order valence-corrected chi connectivity index (χ3v) is 4.40. The minimum atomic E-state index is -3.29. The number of carbonyl (C=O) groups excluding carboxylic acids is 1. The molecule has 0 heterocycles. The van der Waals surface area contributed by atoms with Gasteiger partial charge in [-0.05, 0) is 38.1 Å². The summed E-state index contributed by atoms with van der Waals surface area (Å²) in [6.07, 6.45) is 0. The Hall–Kier alpha value is -1.40. The van der Waals surface area contributed by atoms with Crippen molar-refractivity contribution in [3.05, 3.63) is 24.3 Å². The summed E-state index contributed by atoms with van der Waals surface area (Å²) < 4.78 is 23.6. The van der Waals surface area contributed by atoms with Gasteiger partial charge < -0.3 is 10.4 Å². The highest BCUT2D eigenvalue weighted by Gasteiger charge is 2.18. The van der Waals surface area contributed by atoms with Gasteiger partial charge in [0.1, 0.15) is 6.61 Å². The maximum absolute atomic E-state index is 11.8. The molecule has 1 amide bonds. The fourth-order valence-electron chi connectivity index (χ4n) is 1.20. The van der Waals surface area contributed by atoms with E-state index >= 15 is 0 Å². The molecule has 0 fully saturated rings. The quantitative estimate of drug-likeness (QED) is 0.835. The lowest BCUT2D eigenvalue weighted by atomic mass is 10.3. The first kappa shape index (κ1) is 13.7. The average molecular weight is 257 g/mol. The fourth-order valence-corrected chi connectivity index (χ4v) is 2.26. The van der Waals surface area contributed by atoms with Crippen molar-refractivity contribution in [1.82, 2.24) is 0 Å². The standard InChI is InChI=1S/C11H15NO4S/c1-8(2)17(15,16)10-5-3-9(4-6-10)12-11(14)7-13/h3-6,8,13H,7H2,1-2H3,(H,12,14). The summed E-state index contributed by atoms with van der Waals surface area (Å²) in [5.41, 5.74) is 0.451. The summed E-state index contributed by atoms with van der Waals surface area (Å²) in [7, 11) is -3.29. The molecule has 94 valence electrons. The molecule has 0 aliphatic carbocycles. The highest BCUT2D eigenvalue weighted by molar-refractivity contribution is 7.92. The number of rotatable bonds is 4. The van der Waals surface area contributed by atoms with Crippen LogP contribution in [0.1, 0.15) is 13.8 Å². The zero-order valence-electron chi connectivity index (χ0n) is 9.67. The number of anilines is 1. The SMILES string of the molecule is CC(C)S(=O)(=O)c1ccc(NC(=O)CO)cc1. The van der Waals surface area contributed by atoms with Crippen LogP contribution < -0.4 is 5.32 Å². The second kappa shape index (κ2) is 5.29. The number of aliphatic hydroxyl groups excluding tert-OH is 1. The van der Waals surface area contributed by atoms with Crippen molar-refractivity contribution < 1.29 is 18.3 Å². The molecule has 1 aromatic rings. The van der Waals surface area contributed by atoms with E-state index in [1.54, 1.807) is 13.8 Å². The number of hydrogen-bond donors (Lipinski definition) is 2. The summed E-state index contributed by atoms with van der Waals surface area (Å²) in [5.74, 6) is -0.538. The van der Waals surface area contributed by atoms with Gasteiger partial charge in [0.15, 0.2) is 9.84 Å². The van der Waals surface area contributed by atoms with Gasteiger partial charge in [0.25, 0.3) is 0 Å². The van der Waals surface area contributed by atoms with E-state index in [9.17, 15) is 13.2 Å². The second-order valence-corrected chi connectivity index (χ2v) is 6.33. The largest absolute Gasteiger partial charge is 0.387 e. The summed E-state index contributed by atoms with van der Waals surface area (Å²) in [6, 6.07) is 5.84. The van der Waals surface area contributed by atoms with Crippen LogP contribution in [-0.2, 0) is 14.6 Å². The molecule has 0 saturated heterocycles. The molecule has 1 rings (SSSR count). The maximum atomic E-state index is 11.8. The van der Waals surface area contributed by atoms with Crippen LogP contribution in [0.4, 0.5) is 5.69 Å². The second-order valence-electron chi connectivity index (χ2n) is 3.82. The molecule has 2 N–H and O–H groups in total. The molecule has 0 spiro atoms. The molecule has 0 aliphatic heterocycles. The van der Waals surface area contributed by atoms with Crippen LogP contribution in [0.15, 0.2) is 29.2 Å². The van der Waals surface area contributed by atoms with Gasteiger partial charge in [-0.15, -0.1) is 0 Å². The number of sulfone groups is 1. The summed E-state index contributed by atoms with van der Waals surface area (Å²) in [5, 5.41) is 10.5. The number of amides is 1. The molecular formula is C11H15NO4S. The normalized spacial score (nSPS) is 11.5. The van der Waals surface area contributed by atoms with Crippen molar-refractivity contribution in [2.24, 2.45) is 0 Å². The Kier molecular flexibility index (Phi) is 4.25. The van der Waals surface area contributed by atoms with Crippen molar-refractivity contribution in [1.29, 1.82) is 0 Å². The number of aliphatic hydroxyl groups is 1. The van der Waals surface area contributed by atoms with Crippen molar-refractivity contribution in [3.8, 4) is 0 Å². The Morgan fingerprint density at radius 1 is 1.29 bits per heavy atom. The molecule has 6 heteroatoms. The van der Waals surface area contributed by atoms with E-state index in [0.717, 1.165) is 0 Å². The molecule has 0 aromatic heterocycles. The third-order valence-electron chi connectivity index (χ3n) is 2.23. The maximum Gasteiger partial charge on any atom is 0.250 e. The predicted molar refractivity (Wildman–Crippen MR) is 64.5 cm³/mol. The van der Waals surface area contributed by atoms with E-state index in [2.05, 4.69) is 5.32 Å². The zero-order valence-corrected chi connectivity index (χ0v) is 10.5. The number of hydrogen-bond acceptors (Lipinski definition) is 4. The molecule has 0 radical (unpaired) electrons. The van der Waals surface area contributed by atoms with Crippen LogP contribution in [0.25, 0.3) is 0 Å². The summed E-state index contributed by atoms with van der Waals surface area (Å²) in [6.45, 7) is 2.61. The smallest absolute Gasteiger partial charge is 0.250 e. The number of nitrogens with one attached hydrogen (secondary N) is 1. The van der Waals surface area contributed by atoms with Crippen LogP contribution in [0.5, 0.6) is 0 Å². The molecule has 17 heavy (non-hydrogen) atoms. The van der Waals surface area contributed by atoms with Crippen molar-refractivity contribution in [2.75, 3.05) is 11.9 Å². The first-order chi connectivity index (χ1) is 7.87. The predicted octanol–water partition coefficient (Wildman–Crippen LogP) is 0.799. The van der Waals surface area contributed by atoms with Gasteiger partial charge in [0.2, 0.25) is 5.91 Å². The van der Waals surface area contributed by atoms with E-state index in [1.165, 1.54) is 24.3 Å². The Balaban J connectivity index is 2.93. The van der Waals surface area contributed by atoms with Crippen LogP contribution in [-0.4, -0.2) is 31.3 Å². The Morgan fingerprint density at radius 2 is 1.82 bits per heavy atom. The number of benzene rings is 1. The van der Waals surface area contributed by atoms with E-state index in [1.807, 2.05) is 0 Å². The van der Waals surface area contributed by atoms with Gasteiger partial charge in [0, 0.05) is 5.69 Å². The van der Waals surface area contributed by atoms with Gasteiger partial charge in [-0.25, -0.2) is 8.42 Å². The average Bonchev–Trinajstić information content (AvgIpc) is 2.29. The fraction of sp³-hybridized carbons (Fsp3) is 0.364. The van der Waals surface area contributed by atoms with E-state index < -0.39 is 27.6 Å². The molecule has 0 unspecified atom stereocenters. The van der Waals surface area contributed by atoms with Crippen LogP contribution in [0, 0.1) is 0 Å². The van der Waals surface area contributed by atoms with Crippen molar-refractivity contribution in [2.45, 2.75) is 24.0 Å². The van der Waals surface area contributed by atoms with E-state index in [4.69, 9.17) is 5.11 Å². The van der Waals surface area contributed by atoms with Gasteiger partial charge in [-0.3, -0.25) is 4.79 Å². The molecule has 0 bridgehead atoms. The van der Waals surface area contributed by atoms with E-state index in [0.29, 0.717) is 5.69 Å². The molecular weight excluding hydrogens is 242 g/mol. The lowest BCUT2D eigenvalue weighted by Crippen LogP contribution is -2.16. The van der Waals surface area contributed by atoms with Crippen LogP contribution in [0.3, 0.4) is 0 Å². The zero-order chi connectivity index (χ0) is 13.1. The van der Waals surface area contributed by atoms with Crippen molar-refractivity contribution >= 4 is 21.4 Å². The van der Waals surface area contributed by atoms with Crippen LogP contribution in [0.2, 0.25) is 0 Å². The van der Waals surface area contributed by atoms with Gasteiger partial charge in [-0.1, -0.05) is 0 Å².